The van der Waals surface area contributed by atoms with Gasteiger partial charge in [-0.1, -0.05) is 24.3 Å². The van der Waals surface area contributed by atoms with Crippen molar-refractivity contribution in [2.24, 2.45) is 0 Å². The minimum atomic E-state index is 0.137. The van der Waals surface area contributed by atoms with Gasteiger partial charge in [-0.25, -0.2) is 0 Å². The molecule has 0 aliphatic carbocycles. The molecule has 18 heavy (non-hydrogen) atoms. The Labute approximate surface area is 108 Å². The average molecular weight is 239 g/mol. The third-order valence-electron chi connectivity index (χ3n) is 3.35. The number of rotatable bonds is 3. The van der Waals surface area contributed by atoms with Crippen LogP contribution in [0, 0.1) is 20.8 Å². The Morgan fingerprint density at radius 1 is 1.06 bits per heavy atom. The molecule has 0 radical (unpaired) electrons. The van der Waals surface area contributed by atoms with Crippen LogP contribution in [0.4, 0.5) is 0 Å². The SMILES string of the molecule is Cc1cccnc1CC(=O)c1cccc(C)c1C. The molecule has 0 fully saturated rings. The number of benzene rings is 1. The van der Waals surface area contributed by atoms with E-state index in [4.69, 9.17) is 0 Å². The highest BCUT2D eigenvalue weighted by Crippen LogP contribution is 2.16. The van der Waals surface area contributed by atoms with E-state index in [0.717, 1.165) is 27.9 Å². The van der Waals surface area contributed by atoms with Crippen molar-refractivity contribution in [1.29, 1.82) is 0 Å². The van der Waals surface area contributed by atoms with Gasteiger partial charge < -0.3 is 0 Å². The van der Waals surface area contributed by atoms with Crippen molar-refractivity contribution < 1.29 is 4.79 Å². The maximum absolute atomic E-state index is 12.3. The van der Waals surface area contributed by atoms with Crippen LogP contribution < -0.4 is 0 Å². The second-order valence-electron chi connectivity index (χ2n) is 4.61. The van der Waals surface area contributed by atoms with Gasteiger partial charge in [-0.05, 0) is 43.5 Å². The summed E-state index contributed by atoms with van der Waals surface area (Å²) in [5.74, 6) is 0.137. The lowest BCUT2D eigenvalue weighted by atomic mass is 9.97. The van der Waals surface area contributed by atoms with Gasteiger partial charge in [0.1, 0.15) is 0 Å². The molecule has 1 heterocycles. The minimum Gasteiger partial charge on any atom is -0.294 e. The molecule has 0 aliphatic heterocycles. The summed E-state index contributed by atoms with van der Waals surface area (Å²) in [5, 5.41) is 0. The maximum Gasteiger partial charge on any atom is 0.169 e. The lowest BCUT2D eigenvalue weighted by molar-refractivity contribution is 0.0991. The van der Waals surface area contributed by atoms with E-state index in [1.807, 2.05) is 51.1 Å². The molecule has 92 valence electrons. The predicted octanol–water partition coefficient (Wildman–Crippen LogP) is 3.43. The van der Waals surface area contributed by atoms with Gasteiger partial charge in [0.25, 0.3) is 0 Å². The van der Waals surface area contributed by atoms with Gasteiger partial charge in [0.05, 0.1) is 12.1 Å². The number of aryl methyl sites for hydroxylation is 2. The summed E-state index contributed by atoms with van der Waals surface area (Å²) in [5.41, 5.74) is 4.95. The zero-order valence-corrected chi connectivity index (χ0v) is 11.0. The Kier molecular flexibility index (Phi) is 3.56. The van der Waals surface area contributed by atoms with Crippen LogP contribution in [0.15, 0.2) is 36.5 Å². The first-order chi connectivity index (χ1) is 8.59. The van der Waals surface area contributed by atoms with Gasteiger partial charge in [-0.3, -0.25) is 9.78 Å². The van der Waals surface area contributed by atoms with Gasteiger partial charge >= 0.3 is 0 Å². The van der Waals surface area contributed by atoms with E-state index < -0.39 is 0 Å². The van der Waals surface area contributed by atoms with Gasteiger partial charge in [-0.2, -0.15) is 0 Å². The smallest absolute Gasteiger partial charge is 0.169 e. The molecule has 2 nitrogen and oxygen atoms in total. The molecule has 1 aromatic heterocycles. The summed E-state index contributed by atoms with van der Waals surface area (Å²) in [7, 11) is 0. The number of pyridine rings is 1. The molecule has 0 atom stereocenters. The van der Waals surface area contributed by atoms with Crippen molar-refractivity contribution in [2.45, 2.75) is 27.2 Å². The average Bonchev–Trinajstić information content (AvgIpc) is 2.35. The summed E-state index contributed by atoms with van der Waals surface area (Å²) in [4.78, 5) is 16.6. The van der Waals surface area contributed by atoms with Crippen LogP contribution in [0.5, 0.6) is 0 Å². The Hall–Kier alpha value is -1.96. The van der Waals surface area contributed by atoms with E-state index in [1.54, 1.807) is 6.20 Å². The zero-order chi connectivity index (χ0) is 13.1. The number of Topliss-reactive ketones (excluding diaryl/α,β-unsaturated/α-hetero) is 1. The predicted molar refractivity (Wildman–Crippen MR) is 72.9 cm³/mol. The van der Waals surface area contributed by atoms with E-state index in [9.17, 15) is 4.79 Å². The molecule has 2 rings (SSSR count). The minimum absolute atomic E-state index is 0.137. The fourth-order valence-corrected chi connectivity index (χ4v) is 2.00. The number of carbonyl (C=O) groups is 1. The molecule has 0 saturated carbocycles. The molecule has 0 saturated heterocycles. The lowest BCUT2D eigenvalue weighted by Gasteiger charge is -2.08. The fraction of sp³-hybridized carbons (Fsp3) is 0.250. The molecule has 0 bridgehead atoms. The zero-order valence-electron chi connectivity index (χ0n) is 11.0. The second-order valence-corrected chi connectivity index (χ2v) is 4.61. The first kappa shape index (κ1) is 12.5. The molecule has 2 heteroatoms. The van der Waals surface area contributed by atoms with Crippen molar-refractivity contribution in [3.8, 4) is 0 Å². The van der Waals surface area contributed by atoms with E-state index in [2.05, 4.69) is 4.98 Å². The first-order valence-electron chi connectivity index (χ1n) is 6.09. The molecule has 0 spiro atoms. The summed E-state index contributed by atoms with van der Waals surface area (Å²) >= 11 is 0. The van der Waals surface area contributed by atoms with Crippen molar-refractivity contribution in [2.75, 3.05) is 0 Å². The quantitative estimate of drug-likeness (QED) is 0.768. The topological polar surface area (TPSA) is 30.0 Å². The Morgan fingerprint density at radius 2 is 1.78 bits per heavy atom. The Bertz CT molecular complexity index is 587. The van der Waals surface area contributed by atoms with Crippen molar-refractivity contribution in [1.82, 2.24) is 4.98 Å². The van der Waals surface area contributed by atoms with E-state index >= 15 is 0 Å². The van der Waals surface area contributed by atoms with Gasteiger partial charge in [0, 0.05) is 11.8 Å². The third kappa shape index (κ3) is 2.48. The van der Waals surface area contributed by atoms with Crippen molar-refractivity contribution in [3.63, 3.8) is 0 Å². The molecular formula is C16H17NO. The number of hydrogen-bond donors (Lipinski definition) is 0. The van der Waals surface area contributed by atoms with Gasteiger partial charge in [-0.15, -0.1) is 0 Å². The molecule has 2 aromatic rings. The van der Waals surface area contributed by atoms with Crippen LogP contribution in [0.1, 0.15) is 32.7 Å². The number of carbonyl (C=O) groups excluding carboxylic acids is 1. The summed E-state index contributed by atoms with van der Waals surface area (Å²) in [6, 6.07) is 9.72. The standard InChI is InChI=1S/C16H17NO/c1-11-6-4-8-14(13(11)3)16(18)10-15-12(2)7-5-9-17-15/h4-9H,10H2,1-3H3. The van der Waals surface area contributed by atoms with Crippen molar-refractivity contribution >= 4 is 5.78 Å². The molecular weight excluding hydrogens is 222 g/mol. The van der Waals surface area contributed by atoms with Crippen LogP contribution in [0.2, 0.25) is 0 Å². The molecule has 0 N–H and O–H groups in total. The number of hydrogen-bond acceptors (Lipinski definition) is 2. The van der Waals surface area contributed by atoms with E-state index in [0.29, 0.717) is 6.42 Å². The lowest BCUT2D eigenvalue weighted by Crippen LogP contribution is -2.08. The van der Waals surface area contributed by atoms with Crippen LogP contribution >= 0.6 is 0 Å². The highest BCUT2D eigenvalue weighted by Gasteiger charge is 2.12. The molecule has 1 aromatic carbocycles. The van der Waals surface area contributed by atoms with Crippen LogP contribution in [0.3, 0.4) is 0 Å². The van der Waals surface area contributed by atoms with Crippen LogP contribution in [-0.4, -0.2) is 10.8 Å². The summed E-state index contributed by atoms with van der Waals surface area (Å²) in [6.07, 6.45) is 2.11. The number of ketones is 1. The van der Waals surface area contributed by atoms with Gasteiger partial charge in [0.15, 0.2) is 5.78 Å². The third-order valence-corrected chi connectivity index (χ3v) is 3.35. The second kappa shape index (κ2) is 5.13. The van der Waals surface area contributed by atoms with E-state index in [-0.39, 0.29) is 5.78 Å². The highest BCUT2D eigenvalue weighted by atomic mass is 16.1. The number of nitrogens with zero attached hydrogens (tertiary/aromatic N) is 1. The first-order valence-corrected chi connectivity index (χ1v) is 6.09. The Balaban J connectivity index is 2.28. The molecule has 0 aliphatic rings. The number of aromatic nitrogens is 1. The maximum atomic E-state index is 12.3. The van der Waals surface area contributed by atoms with Gasteiger partial charge in [0.2, 0.25) is 0 Å². The monoisotopic (exact) mass is 239 g/mol. The molecule has 0 amide bonds. The largest absolute Gasteiger partial charge is 0.294 e. The van der Waals surface area contributed by atoms with Crippen molar-refractivity contribution in [3.05, 3.63) is 64.5 Å². The summed E-state index contributed by atoms with van der Waals surface area (Å²) in [6.45, 7) is 6.00. The highest BCUT2D eigenvalue weighted by molar-refractivity contribution is 5.98. The Morgan fingerprint density at radius 3 is 2.50 bits per heavy atom. The van der Waals surface area contributed by atoms with Crippen LogP contribution in [0.25, 0.3) is 0 Å². The molecule has 0 unspecified atom stereocenters. The summed E-state index contributed by atoms with van der Waals surface area (Å²) < 4.78 is 0. The van der Waals surface area contributed by atoms with Crippen LogP contribution in [-0.2, 0) is 6.42 Å². The van der Waals surface area contributed by atoms with E-state index in [1.165, 1.54) is 0 Å². The normalized spacial score (nSPS) is 10.4. The fourth-order valence-electron chi connectivity index (χ4n) is 2.00.